The number of hydrogen-bond acceptors (Lipinski definition) is 3. The Hall–Kier alpha value is -1.66. The van der Waals surface area contributed by atoms with Gasteiger partial charge in [0.15, 0.2) is 5.96 Å². The first-order chi connectivity index (χ1) is 13.6. The van der Waals surface area contributed by atoms with E-state index >= 15 is 0 Å². The molecule has 2 fully saturated rings. The zero-order chi connectivity index (χ0) is 19.8. The number of hydrogen-bond donors (Lipinski definition) is 2. The first-order valence-electron chi connectivity index (χ1n) is 10.7. The van der Waals surface area contributed by atoms with Gasteiger partial charge in [-0.05, 0) is 56.3 Å². The summed E-state index contributed by atoms with van der Waals surface area (Å²) >= 11 is 0. The molecule has 0 bridgehead atoms. The van der Waals surface area contributed by atoms with Crippen LogP contribution in [-0.4, -0.2) is 63.3 Å². The third kappa shape index (κ3) is 5.45. The molecule has 2 heterocycles. The fourth-order valence-corrected chi connectivity index (χ4v) is 4.39. The van der Waals surface area contributed by atoms with E-state index in [-0.39, 0.29) is 11.2 Å². The lowest BCUT2D eigenvalue weighted by Crippen LogP contribution is -2.52. The highest BCUT2D eigenvalue weighted by Crippen LogP contribution is 2.34. The van der Waals surface area contributed by atoms with Crippen molar-refractivity contribution in [3.63, 3.8) is 0 Å². The number of guanidine groups is 1. The average molecular weight is 391 g/mol. The predicted molar refractivity (Wildman–Crippen MR) is 112 cm³/mol. The Morgan fingerprint density at radius 3 is 2.50 bits per heavy atom. The Kier molecular flexibility index (Phi) is 7.68. The standard InChI is InChI=1S/C22H35FN4O/c1-3-12-27-13-8-20(9-14-27)26-21(24-2)25-17-22(10-15-28-16-11-22)18-4-6-19(23)7-5-18/h4-7,20H,3,8-17H2,1-2H3,(H2,24,25,26). The van der Waals surface area contributed by atoms with Gasteiger partial charge in [-0.2, -0.15) is 0 Å². The molecule has 2 saturated heterocycles. The Labute approximate surface area is 168 Å². The van der Waals surface area contributed by atoms with E-state index in [1.54, 1.807) is 12.1 Å². The maximum absolute atomic E-state index is 13.4. The molecule has 0 amide bonds. The number of likely N-dealkylation sites (tertiary alicyclic amines) is 1. The van der Waals surface area contributed by atoms with Crippen LogP contribution < -0.4 is 10.6 Å². The molecule has 2 N–H and O–H groups in total. The number of nitrogens with one attached hydrogen (secondary N) is 2. The summed E-state index contributed by atoms with van der Waals surface area (Å²) in [5.41, 5.74) is 1.13. The molecule has 0 atom stereocenters. The second kappa shape index (κ2) is 10.2. The molecule has 1 aromatic carbocycles. The van der Waals surface area contributed by atoms with E-state index in [2.05, 4.69) is 27.4 Å². The number of nitrogens with zero attached hydrogens (tertiary/aromatic N) is 2. The highest BCUT2D eigenvalue weighted by atomic mass is 19.1. The van der Waals surface area contributed by atoms with E-state index in [0.29, 0.717) is 6.04 Å². The summed E-state index contributed by atoms with van der Waals surface area (Å²) in [6.45, 7) is 7.99. The second-order valence-corrected chi connectivity index (χ2v) is 8.09. The maximum Gasteiger partial charge on any atom is 0.191 e. The van der Waals surface area contributed by atoms with Gasteiger partial charge >= 0.3 is 0 Å². The van der Waals surface area contributed by atoms with Crippen LogP contribution in [-0.2, 0) is 10.2 Å². The number of aliphatic imine (C=N–C) groups is 1. The van der Waals surface area contributed by atoms with Crippen LogP contribution in [0.4, 0.5) is 4.39 Å². The quantitative estimate of drug-likeness (QED) is 0.579. The number of rotatable bonds is 6. The molecule has 2 aliphatic rings. The number of piperidine rings is 1. The van der Waals surface area contributed by atoms with E-state index < -0.39 is 0 Å². The SMILES string of the molecule is CCCN1CCC(NC(=NC)NCC2(c3ccc(F)cc3)CCOCC2)CC1. The van der Waals surface area contributed by atoms with Gasteiger partial charge in [0.05, 0.1) is 0 Å². The van der Waals surface area contributed by atoms with Gasteiger partial charge in [0.25, 0.3) is 0 Å². The van der Waals surface area contributed by atoms with E-state index in [0.717, 1.165) is 64.5 Å². The largest absolute Gasteiger partial charge is 0.381 e. The van der Waals surface area contributed by atoms with Crippen molar-refractivity contribution in [1.29, 1.82) is 0 Å². The van der Waals surface area contributed by atoms with Crippen molar-refractivity contribution in [1.82, 2.24) is 15.5 Å². The molecule has 0 spiro atoms. The summed E-state index contributed by atoms with van der Waals surface area (Å²) in [5, 5.41) is 7.16. The topological polar surface area (TPSA) is 48.9 Å². The number of halogens is 1. The molecule has 0 radical (unpaired) electrons. The molecule has 5 nitrogen and oxygen atoms in total. The monoisotopic (exact) mass is 390 g/mol. The lowest BCUT2D eigenvalue weighted by atomic mass is 9.74. The second-order valence-electron chi connectivity index (χ2n) is 8.09. The van der Waals surface area contributed by atoms with Crippen LogP contribution in [0.5, 0.6) is 0 Å². The van der Waals surface area contributed by atoms with E-state index in [9.17, 15) is 4.39 Å². The van der Waals surface area contributed by atoms with E-state index in [1.807, 2.05) is 19.2 Å². The van der Waals surface area contributed by atoms with Crippen LogP contribution in [0.15, 0.2) is 29.3 Å². The van der Waals surface area contributed by atoms with Crippen LogP contribution in [0.1, 0.15) is 44.6 Å². The highest BCUT2D eigenvalue weighted by Gasteiger charge is 2.35. The minimum absolute atomic E-state index is 0.0476. The third-order valence-corrected chi connectivity index (χ3v) is 6.19. The molecule has 2 aliphatic heterocycles. The Morgan fingerprint density at radius 1 is 1.21 bits per heavy atom. The molecule has 28 heavy (non-hydrogen) atoms. The molecule has 1 aromatic rings. The van der Waals surface area contributed by atoms with E-state index in [4.69, 9.17) is 4.74 Å². The molecular formula is C22H35FN4O. The smallest absolute Gasteiger partial charge is 0.191 e. The minimum atomic E-state index is -0.189. The first-order valence-corrected chi connectivity index (χ1v) is 10.7. The molecule has 0 saturated carbocycles. The maximum atomic E-state index is 13.4. The van der Waals surface area contributed by atoms with Gasteiger partial charge in [-0.25, -0.2) is 4.39 Å². The molecule has 0 aromatic heterocycles. The van der Waals surface area contributed by atoms with Gasteiger partial charge in [-0.3, -0.25) is 4.99 Å². The van der Waals surface area contributed by atoms with Crippen molar-refractivity contribution in [3.8, 4) is 0 Å². The van der Waals surface area contributed by atoms with Gasteiger partial charge < -0.3 is 20.3 Å². The Morgan fingerprint density at radius 2 is 1.89 bits per heavy atom. The Bertz CT molecular complexity index is 620. The van der Waals surface area contributed by atoms with Crippen molar-refractivity contribution in [2.45, 2.75) is 50.5 Å². The van der Waals surface area contributed by atoms with Crippen LogP contribution >= 0.6 is 0 Å². The third-order valence-electron chi connectivity index (χ3n) is 6.19. The van der Waals surface area contributed by atoms with Crippen molar-refractivity contribution < 1.29 is 9.13 Å². The van der Waals surface area contributed by atoms with E-state index in [1.165, 1.54) is 18.5 Å². The van der Waals surface area contributed by atoms with Crippen LogP contribution in [0.2, 0.25) is 0 Å². The molecule has 3 rings (SSSR count). The zero-order valence-corrected chi connectivity index (χ0v) is 17.3. The van der Waals surface area contributed by atoms with Gasteiger partial charge in [0.1, 0.15) is 5.82 Å². The van der Waals surface area contributed by atoms with Gasteiger partial charge in [0.2, 0.25) is 0 Å². The minimum Gasteiger partial charge on any atom is -0.381 e. The van der Waals surface area contributed by atoms with Crippen molar-refractivity contribution in [2.75, 3.05) is 46.4 Å². The normalized spacial score (nSPS) is 21.5. The molecule has 0 aliphatic carbocycles. The average Bonchev–Trinajstić information content (AvgIpc) is 2.73. The summed E-state index contributed by atoms with van der Waals surface area (Å²) in [7, 11) is 1.83. The van der Waals surface area contributed by atoms with Gasteiger partial charge in [-0.1, -0.05) is 19.1 Å². The highest BCUT2D eigenvalue weighted by molar-refractivity contribution is 5.80. The van der Waals surface area contributed by atoms with Crippen LogP contribution in [0.25, 0.3) is 0 Å². The summed E-state index contributed by atoms with van der Waals surface area (Å²) in [5.74, 6) is 0.674. The summed E-state index contributed by atoms with van der Waals surface area (Å²) in [4.78, 5) is 6.99. The molecule has 156 valence electrons. The summed E-state index contributed by atoms with van der Waals surface area (Å²) in [6, 6.07) is 7.42. The lowest BCUT2D eigenvalue weighted by Gasteiger charge is -2.39. The molecular weight excluding hydrogens is 355 g/mol. The summed E-state index contributed by atoms with van der Waals surface area (Å²) < 4.78 is 19.0. The lowest BCUT2D eigenvalue weighted by molar-refractivity contribution is 0.0513. The van der Waals surface area contributed by atoms with Crippen molar-refractivity contribution in [2.24, 2.45) is 4.99 Å². The van der Waals surface area contributed by atoms with Gasteiger partial charge in [-0.15, -0.1) is 0 Å². The Balaban J connectivity index is 1.58. The van der Waals surface area contributed by atoms with Crippen LogP contribution in [0.3, 0.4) is 0 Å². The zero-order valence-electron chi connectivity index (χ0n) is 17.3. The van der Waals surface area contributed by atoms with Gasteiger partial charge in [0, 0.05) is 51.4 Å². The van der Waals surface area contributed by atoms with Crippen LogP contribution in [0, 0.1) is 5.82 Å². The fraction of sp³-hybridized carbons (Fsp3) is 0.682. The first kappa shape index (κ1) is 21.1. The van der Waals surface area contributed by atoms with Crippen molar-refractivity contribution >= 4 is 5.96 Å². The van der Waals surface area contributed by atoms with Crippen molar-refractivity contribution in [3.05, 3.63) is 35.6 Å². The molecule has 6 heteroatoms. The summed E-state index contributed by atoms with van der Waals surface area (Å²) in [6.07, 6.45) is 5.38. The fourth-order valence-electron chi connectivity index (χ4n) is 4.39. The predicted octanol–water partition coefficient (Wildman–Crippen LogP) is 2.91. The molecule has 0 unspecified atom stereocenters. The number of benzene rings is 1. The number of ether oxygens (including phenoxy) is 1.